The van der Waals surface area contributed by atoms with Crippen molar-refractivity contribution < 1.29 is 17.9 Å². The lowest BCUT2D eigenvalue weighted by atomic mass is 9.97. The molecule has 1 aliphatic heterocycles. The molecule has 0 radical (unpaired) electrons. The largest absolute Gasteiger partial charge is 0.377 e. The van der Waals surface area contributed by atoms with Crippen LogP contribution >= 0.6 is 23.1 Å². The zero-order valence-electron chi connectivity index (χ0n) is 12.4. The van der Waals surface area contributed by atoms with Crippen LogP contribution in [0.3, 0.4) is 0 Å². The Morgan fingerprint density at radius 3 is 2.73 bits per heavy atom. The summed E-state index contributed by atoms with van der Waals surface area (Å²) < 4.78 is 32.9. The lowest BCUT2D eigenvalue weighted by molar-refractivity contribution is -0.114. The van der Waals surface area contributed by atoms with E-state index < -0.39 is 15.6 Å². The first kappa shape index (κ1) is 17.7. The van der Waals surface area contributed by atoms with Gasteiger partial charge in [0.2, 0.25) is 5.91 Å². The molecule has 0 aromatic carbocycles. The molecule has 0 atom stereocenters. The third-order valence-corrected chi connectivity index (χ3v) is 7.21. The molecule has 1 aromatic rings. The second kappa shape index (κ2) is 7.26. The lowest BCUT2D eigenvalue weighted by Gasteiger charge is -2.35. The van der Waals surface area contributed by atoms with Crippen molar-refractivity contribution in [3.63, 3.8) is 0 Å². The van der Waals surface area contributed by atoms with Crippen molar-refractivity contribution in [1.82, 2.24) is 9.71 Å². The highest BCUT2D eigenvalue weighted by atomic mass is 32.2. The SMILES string of the molecule is COC1(CNS(=O)(=O)c2cnc(NC(C)=O)s2)CCSCC1. The zero-order chi connectivity index (χ0) is 16.2. The molecule has 1 aliphatic rings. The summed E-state index contributed by atoms with van der Waals surface area (Å²) in [6.45, 7) is 1.58. The van der Waals surface area contributed by atoms with E-state index in [0.717, 1.165) is 35.7 Å². The van der Waals surface area contributed by atoms with E-state index in [1.165, 1.54) is 13.1 Å². The van der Waals surface area contributed by atoms with Gasteiger partial charge in [-0.1, -0.05) is 11.3 Å². The van der Waals surface area contributed by atoms with Crippen molar-refractivity contribution >= 4 is 44.2 Å². The van der Waals surface area contributed by atoms with Crippen LogP contribution in [0.25, 0.3) is 0 Å². The van der Waals surface area contributed by atoms with Crippen molar-refractivity contribution in [1.29, 1.82) is 0 Å². The fourth-order valence-electron chi connectivity index (χ4n) is 2.09. The summed E-state index contributed by atoms with van der Waals surface area (Å²) in [6, 6.07) is 0. The topological polar surface area (TPSA) is 97.4 Å². The molecule has 0 unspecified atom stereocenters. The Morgan fingerprint density at radius 2 is 2.14 bits per heavy atom. The van der Waals surface area contributed by atoms with Gasteiger partial charge in [0.1, 0.15) is 0 Å². The summed E-state index contributed by atoms with van der Waals surface area (Å²) in [6.07, 6.45) is 2.88. The monoisotopic (exact) mass is 365 g/mol. The van der Waals surface area contributed by atoms with Gasteiger partial charge < -0.3 is 10.1 Å². The number of anilines is 1. The first-order chi connectivity index (χ1) is 10.4. The van der Waals surface area contributed by atoms with Gasteiger partial charge >= 0.3 is 0 Å². The number of carbonyl (C=O) groups excluding carboxylic acids is 1. The number of sulfonamides is 1. The number of aromatic nitrogens is 1. The molecule has 1 saturated heterocycles. The van der Waals surface area contributed by atoms with Crippen LogP contribution < -0.4 is 10.0 Å². The van der Waals surface area contributed by atoms with Gasteiger partial charge in [-0.05, 0) is 24.3 Å². The van der Waals surface area contributed by atoms with Crippen LogP contribution in [-0.4, -0.2) is 50.1 Å². The maximum Gasteiger partial charge on any atom is 0.251 e. The molecule has 2 heterocycles. The van der Waals surface area contributed by atoms with Crippen molar-refractivity contribution in [2.45, 2.75) is 29.6 Å². The van der Waals surface area contributed by atoms with Gasteiger partial charge in [-0.25, -0.2) is 18.1 Å². The summed E-state index contributed by atoms with van der Waals surface area (Å²) in [5.41, 5.74) is -0.441. The average Bonchev–Trinajstić information content (AvgIpc) is 2.95. The number of nitrogens with one attached hydrogen (secondary N) is 2. The van der Waals surface area contributed by atoms with E-state index in [9.17, 15) is 13.2 Å². The van der Waals surface area contributed by atoms with E-state index >= 15 is 0 Å². The molecule has 7 nitrogen and oxygen atoms in total. The van der Waals surface area contributed by atoms with E-state index in [1.54, 1.807) is 7.11 Å². The van der Waals surface area contributed by atoms with Crippen LogP contribution in [0.15, 0.2) is 10.4 Å². The van der Waals surface area contributed by atoms with Crippen LogP contribution in [0.2, 0.25) is 0 Å². The predicted octanol–water partition coefficient (Wildman–Crippen LogP) is 1.29. The van der Waals surface area contributed by atoms with Crippen molar-refractivity contribution in [3.8, 4) is 0 Å². The smallest absolute Gasteiger partial charge is 0.251 e. The number of nitrogens with zero attached hydrogens (tertiary/aromatic N) is 1. The molecular formula is C12H19N3O4S3. The zero-order valence-corrected chi connectivity index (χ0v) is 14.9. The quantitative estimate of drug-likeness (QED) is 0.788. The summed E-state index contributed by atoms with van der Waals surface area (Å²) in [5, 5.41) is 2.74. The third kappa shape index (κ3) is 4.42. The molecule has 1 aromatic heterocycles. The molecule has 10 heteroatoms. The van der Waals surface area contributed by atoms with E-state index in [0.29, 0.717) is 0 Å². The van der Waals surface area contributed by atoms with E-state index in [2.05, 4.69) is 15.0 Å². The fraction of sp³-hybridized carbons (Fsp3) is 0.667. The molecule has 124 valence electrons. The molecule has 0 spiro atoms. The normalized spacial score (nSPS) is 18.1. The first-order valence-electron chi connectivity index (χ1n) is 6.73. The van der Waals surface area contributed by atoms with Gasteiger partial charge in [0.15, 0.2) is 9.34 Å². The van der Waals surface area contributed by atoms with Crippen LogP contribution in [0.1, 0.15) is 19.8 Å². The minimum absolute atomic E-state index is 0.0766. The highest BCUT2D eigenvalue weighted by Crippen LogP contribution is 2.30. The minimum atomic E-state index is -3.65. The number of rotatable bonds is 6. The van der Waals surface area contributed by atoms with Crippen molar-refractivity contribution in [2.24, 2.45) is 0 Å². The lowest BCUT2D eigenvalue weighted by Crippen LogP contribution is -2.46. The van der Waals surface area contributed by atoms with Gasteiger partial charge in [0.05, 0.1) is 11.8 Å². The number of hydrogen-bond donors (Lipinski definition) is 2. The maximum atomic E-state index is 12.3. The Bertz CT molecular complexity index is 623. The Kier molecular flexibility index (Phi) is 5.83. The van der Waals surface area contributed by atoms with Gasteiger partial charge in [-0.3, -0.25) is 4.79 Å². The fourth-order valence-corrected chi connectivity index (χ4v) is 5.56. The summed E-state index contributed by atoms with van der Waals surface area (Å²) in [5.74, 6) is 1.63. The number of thiazole rings is 1. The molecule has 22 heavy (non-hydrogen) atoms. The van der Waals surface area contributed by atoms with Crippen molar-refractivity contribution in [2.75, 3.05) is 30.5 Å². The average molecular weight is 366 g/mol. The van der Waals surface area contributed by atoms with Crippen LogP contribution in [0.5, 0.6) is 0 Å². The summed E-state index contributed by atoms with van der Waals surface area (Å²) >= 11 is 2.77. The molecule has 0 bridgehead atoms. The Morgan fingerprint density at radius 1 is 1.45 bits per heavy atom. The number of thioether (sulfide) groups is 1. The Hall–Kier alpha value is -0.680. The third-order valence-electron chi connectivity index (χ3n) is 3.45. The molecule has 2 N–H and O–H groups in total. The summed E-state index contributed by atoms with van der Waals surface area (Å²) in [7, 11) is -2.04. The molecule has 0 aliphatic carbocycles. The molecule has 1 fully saturated rings. The Labute approximate surface area is 138 Å². The highest BCUT2D eigenvalue weighted by Gasteiger charge is 2.34. The number of methoxy groups -OCH3 is 1. The number of carbonyl (C=O) groups is 1. The van der Waals surface area contributed by atoms with Gasteiger partial charge in [0.25, 0.3) is 10.0 Å². The van der Waals surface area contributed by atoms with Crippen LogP contribution in [0.4, 0.5) is 5.13 Å². The van der Waals surface area contributed by atoms with Gasteiger partial charge in [-0.15, -0.1) is 0 Å². The number of ether oxygens (including phenoxy) is 1. The second-order valence-corrected chi connectivity index (χ2v) is 9.24. The van der Waals surface area contributed by atoms with Gasteiger partial charge in [0, 0.05) is 20.6 Å². The molecule has 0 saturated carbocycles. The standard InChI is InChI=1S/C12H19N3O4S3/c1-9(16)15-11-13-7-10(21-11)22(17,18)14-8-12(19-2)3-5-20-6-4-12/h7,14H,3-6,8H2,1-2H3,(H,13,15,16). The molecule has 2 rings (SSSR count). The molecular weight excluding hydrogens is 346 g/mol. The van der Waals surface area contributed by atoms with Crippen LogP contribution in [-0.2, 0) is 19.6 Å². The van der Waals surface area contributed by atoms with E-state index in [1.807, 2.05) is 11.8 Å². The van der Waals surface area contributed by atoms with Crippen molar-refractivity contribution in [3.05, 3.63) is 6.20 Å². The summed E-state index contributed by atoms with van der Waals surface area (Å²) in [4.78, 5) is 14.8. The predicted molar refractivity (Wildman–Crippen MR) is 87.9 cm³/mol. The Balaban J connectivity index is 2.04. The first-order valence-corrected chi connectivity index (χ1v) is 10.2. The highest BCUT2D eigenvalue weighted by molar-refractivity contribution is 7.99. The number of hydrogen-bond acceptors (Lipinski definition) is 7. The van der Waals surface area contributed by atoms with E-state index in [-0.39, 0.29) is 21.8 Å². The van der Waals surface area contributed by atoms with Gasteiger partial charge in [-0.2, -0.15) is 11.8 Å². The van der Waals surface area contributed by atoms with E-state index in [4.69, 9.17) is 4.74 Å². The second-order valence-electron chi connectivity index (χ2n) is 4.99. The minimum Gasteiger partial charge on any atom is -0.377 e. The number of amides is 1. The maximum absolute atomic E-state index is 12.3. The van der Waals surface area contributed by atoms with Crippen LogP contribution in [0, 0.1) is 0 Å². The molecule has 1 amide bonds.